The molecule has 1 aromatic carbocycles. The number of nitriles is 1. The Bertz CT molecular complexity index is 766. The summed E-state index contributed by atoms with van der Waals surface area (Å²) in [5.74, 6) is 0. The highest BCUT2D eigenvalue weighted by Gasteiger charge is 2.24. The number of aryl methyl sites for hydroxylation is 1. The lowest BCUT2D eigenvalue weighted by atomic mass is 10.2. The van der Waals surface area contributed by atoms with Gasteiger partial charge in [-0.3, -0.25) is 4.98 Å². The van der Waals surface area contributed by atoms with Crippen molar-refractivity contribution in [1.82, 2.24) is 9.29 Å². The highest BCUT2D eigenvalue weighted by Crippen LogP contribution is 2.19. The van der Waals surface area contributed by atoms with Crippen LogP contribution in [0, 0.1) is 11.3 Å². The molecule has 0 saturated carbocycles. The van der Waals surface area contributed by atoms with Crippen molar-refractivity contribution in [1.29, 1.82) is 5.26 Å². The maximum absolute atomic E-state index is 12.8. The zero-order valence-electron chi connectivity index (χ0n) is 13.0. The van der Waals surface area contributed by atoms with Gasteiger partial charge >= 0.3 is 0 Å². The number of sulfonamides is 1. The predicted molar refractivity (Wildman–Crippen MR) is 87.9 cm³/mol. The van der Waals surface area contributed by atoms with Crippen LogP contribution in [0.3, 0.4) is 0 Å². The van der Waals surface area contributed by atoms with Gasteiger partial charge in [-0.2, -0.15) is 9.57 Å². The Hall–Kier alpha value is -2.23. The molecular formula is C17H19N3O2S. The second-order valence-corrected chi connectivity index (χ2v) is 7.04. The summed E-state index contributed by atoms with van der Waals surface area (Å²) in [7, 11) is -3.64. The first kappa shape index (κ1) is 17.1. The molecule has 120 valence electrons. The highest BCUT2D eigenvalue weighted by atomic mass is 32.2. The van der Waals surface area contributed by atoms with Gasteiger partial charge in [-0.1, -0.05) is 25.1 Å². The van der Waals surface area contributed by atoms with Crippen LogP contribution in [0.25, 0.3) is 0 Å². The van der Waals surface area contributed by atoms with Crippen LogP contribution in [0.15, 0.2) is 53.7 Å². The van der Waals surface area contributed by atoms with Crippen LogP contribution in [0.5, 0.6) is 0 Å². The molecule has 0 atom stereocenters. The van der Waals surface area contributed by atoms with Crippen molar-refractivity contribution in [3.05, 3.63) is 59.9 Å². The van der Waals surface area contributed by atoms with Gasteiger partial charge in [0.2, 0.25) is 10.0 Å². The molecule has 0 aliphatic rings. The Morgan fingerprint density at radius 3 is 2.48 bits per heavy atom. The van der Waals surface area contributed by atoms with Crippen molar-refractivity contribution in [2.75, 3.05) is 6.54 Å². The van der Waals surface area contributed by atoms with Crippen molar-refractivity contribution >= 4 is 10.0 Å². The summed E-state index contributed by atoms with van der Waals surface area (Å²) in [6.45, 7) is 2.38. The lowest BCUT2D eigenvalue weighted by molar-refractivity contribution is 0.413. The van der Waals surface area contributed by atoms with Gasteiger partial charge in [0.1, 0.15) is 0 Å². The predicted octanol–water partition coefficient (Wildman–Crippen LogP) is 2.75. The van der Waals surface area contributed by atoms with Crippen molar-refractivity contribution in [2.24, 2.45) is 0 Å². The zero-order valence-corrected chi connectivity index (χ0v) is 13.8. The number of pyridine rings is 1. The maximum Gasteiger partial charge on any atom is 0.243 e. The molecule has 0 aliphatic heterocycles. The minimum atomic E-state index is -3.64. The van der Waals surface area contributed by atoms with Crippen molar-refractivity contribution < 1.29 is 8.42 Å². The average Bonchev–Trinajstić information content (AvgIpc) is 2.59. The molecule has 0 fully saturated rings. The van der Waals surface area contributed by atoms with Gasteiger partial charge < -0.3 is 0 Å². The standard InChI is InChI=1S/C17H19N3O2S/c1-2-15-6-8-17(9-7-15)23(21,22)20(12-4-10-18)14-16-5-3-11-19-13-16/h3,5-9,11,13H,2,4,12,14H2,1H3. The Morgan fingerprint density at radius 2 is 1.91 bits per heavy atom. The summed E-state index contributed by atoms with van der Waals surface area (Å²) in [5, 5.41) is 8.80. The smallest absolute Gasteiger partial charge is 0.243 e. The van der Waals surface area contributed by atoms with Crippen LogP contribution in [0.2, 0.25) is 0 Å². The van der Waals surface area contributed by atoms with E-state index in [1.807, 2.05) is 31.2 Å². The minimum Gasteiger partial charge on any atom is -0.264 e. The van der Waals surface area contributed by atoms with Crippen molar-refractivity contribution in [2.45, 2.75) is 31.2 Å². The molecule has 23 heavy (non-hydrogen) atoms. The summed E-state index contributed by atoms with van der Waals surface area (Å²) >= 11 is 0. The summed E-state index contributed by atoms with van der Waals surface area (Å²) < 4.78 is 27.0. The van der Waals surface area contributed by atoms with E-state index in [2.05, 4.69) is 4.98 Å². The largest absolute Gasteiger partial charge is 0.264 e. The quantitative estimate of drug-likeness (QED) is 0.783. The van der Waals surface area contributed by atoms with Gasteiger partial charge in [0.25, 0.3) is 0 Å². The number of benzene rings is 1. The van der Waals surface area contributed by atoms with Crippen molar-refractivity contribution in [3.8, 4) is 6.07 Å². The molecular weight excluding hydrogens is 310 g/mol. The Labute approximate surface area is 137 Å². The second-order valence-electron chi connectivity index (χ2n) is 5.11. The molecule has 0 aliphatic carbocycles. The molecule has 1 heterocycles. The summed E-state index contributed by atoms with van der Waals surface area (Å²) in [6.07, 6.45) is 4.27. The minimum absolute atomic E-state index is 0.145. The number of rotatable bonds is 7. The van der Waals surface area contributed by atoms with Crippen LogP contribution >= 0.6 is 0 Å². The van der Waals surface area contributed by atoms with Crippen LogP contribution in [0.1, 0.15) is 24.5 Å². The second kappa shape index (κ2) is 7.86. The molecule has 0 amide bonds. The first-order valence-corrected chi connectivity index (χ1v) is 8.87. The molecule has 0 N–H and O–H groups in total. The van der Waals surface area contributed by atoms with E-state index in [9.17, 15) is 8.42 Å². The third-order valence-electron chi connectivity index (χ3n) is 3.52. The van der Waals surface area contributed by atoms with Crippen molar-refractivity contribution in [3.63, 3.8) is 0 Å². The molecule has 2 aromatic rings. The monoisotopic (exact) mass is 329 g/mol. The van der Waals surface area contributed by atoms with Gasteiger partial charge in [-0.15, -0.1) is 0 Å². The van der Waals surface area contributed by atoms with E-state index in [0.29, 0.717) is 0 Å². The molecule has 0 bridgehead atoms. The normalized spacial score (nSPS) is 11.3. The zero-order chi connectivity index (χ0) is 16.7. The number of nitrogens with zero attached hydrogens (tertiary/aromatic N) is 3. The fourth-order valence-electron chi connectivity index (χ4n) is 2.20. The lowest BCUT2D eigenvalue weighted by Gasteiger charge is -2.21. The van der Waals surface area contributed by atoms with Crippen LogP contribution < -0.4 is 0 Å². The van der Waals surface area contributed by atoms with E-state index in [1.54, 1.807) is 30.6 Å². The third-order valence-corrected chi connectivity index (χ3v) is 5.38. The van der Waals surface area contributed by atoms with Gasteiger partial charge in [0.15, 0.2) is 0 Å². The molecule has 2 rings (SSSR count). The Morgan fingerprint density at radius 1 is 1.17 bits per heavy atom. The summed E-state index contributed by atoms with van der Waals surface area (Å²) in [5.41, 5.74) is 1.87. The van der Waals surface area contributed by atoms with Gasteiger partial charge in [-0.25, -0.2) is 8.42 Å². The van der Waals surface area contributed by atoms with Crippen LogP contribution in [0.4, 0.5) is 0 Å². The summed E-state index contributed by atoms with van der Waals surface area (Å²) in [4.78, 5) is 4.26. The SMILES string of the molecule is CCc1ccc(S(=O)(=O)N(CCC#N)Cc2cccnc2)cc1. The Kier molecular flexibility index (Phi) is 5.85. The Balaban J connectivity index is 2.30. The number of aromatic nitrogens is 1. The van der Waals surface area contributed by atoms with Crippen LogP contribution in [-0.4, -0.2) is 24.3 Å². The van der Waals surface area contributed by atoms with Gasteiger partial charge in [-0.05, 0) is 35.7 Å². The fraction of sp³-hybridized carbons (Fsp3) is 0.294. The highest BCUT2D eigenvalue weighted by molar-refractivity contribution is 7.89. The summed E-state index contributed by atoms with van der Waals surface area (Å²) in [6, 6.07) is 12.5. The van der Waals surface area contributed by atoms with E-state index in [-0.39, 0.29) is 24.4 Å². The molecule has 0 unspecified atom stereocenters. The number of hydrogen-bond donors (Lipinski definition) is 0. The molecule has 6 heteroatoms. The molecule has 0 radical (unpaired) electrons. The maximum atomic E-state index is 12.8. The van der Waals surface area contributed by atoms with Gasteiger partial charge in [0.05, 0.1) is 11.0 Å². The van der Waals surface area contributed by atoms with Gasteiger partial charge in [0, 0.05) is 31.9 Å². The molecule has 5 nitrogen and oxygen atoms in total. The lowest BCUT2D eigenvalue weighted by Crippen LogP contribution is -2.31. The number of hydrogen-bond acceptors (Lipinski definition) is 4. The molecule has 1 aromatic heterocycles. The topological polar surface area (TPSA) is 74.1 Å². The molecule has 0 saturated heterocycles. The third kappa shape index (κ3) is 4.38. The van der Waals surface area contributed by atoms with E-state index < -0.39 is 10.0 Å². The van der Waals surface area contributed by atoms with Crippen LogP contribution in [-0.2, 0) is 23.0 Å². The van der Waals surface area contributed by atoms with E-state index in [1.165, 1.54) is 4.31 Å². The molecule has 0 spiro atoms. The average molecular weight is 329 g/mol. The van der Waals surface area contributed by atoms with E-state index in [0.717, 1.165) is 17.5 Å². The fourth-order valence-corrected chi connectivity index (χ4v) is 3.63. The first-order valence-electron chi connectivity index (χ1n) is 7.43. The van der Waals surface area contributed by atoms with E-state index >= 15 is 0 Å². The first-order chi connectivity index (χ1) is 11.1. The van der Waals surface area contributed by atoms with E-state index in [4.69, 9.17) is 5.26 Å².